The van der Waals surface area contributed by atoms with Crippen LogP contribution in [0.4, 0.5) is 9.18 Å². The van der Waals surface area contributed by atoms with Gasteiger partial charge < -0.3 is 24.0 Å². The molecule has 1 amide bonds. The zero-order chi connectivity index (χ0) is 27.0. The second-order valence-electron chi connectivity index (χ2n) is 10.5. The maximum Gasteiger partial charge on any atom is 0.409 e. The van der Waals surface area contributed by atoms with Crippen molar-refractivity contribution in [1.82, 2.24) is 14.5 Å². The second-order valence-corrected chi connectivity index (χ2v) is 10.5. The predicted molar refractivity (Wildman–Crippen MR) is 140 cm³/mol. The van der Waals surface area contributed by atoms with Gasteiger partial charge in [-0.15, -0.1) is 0 Å². The molecule has 5 rings (SSSR count). The van der Waals surface area contributed by atoms with Crippen LogP contribution in [0.15, 0.2) is 30.3 Å². The largest absolute Gasteiger partial charge is 0.494 e. The number of halogens is 1. The molecule has 0 spiro atoms. The number of carboxylic acids is 1. The topological polar surface area (TPSA) is 93.9 Å². The van der Waals surface area contributed by atoms with E-state index in [-0.39, 0.29) is 29.7 Å². The Morgan fingerprint density at radius 2 is 1.92 bits per heavy atom. The first-order valence-corrected chi connectivity index (χ1v) is 13.2. The summed E-state index contributed by atoms with van der Waals surface area (Å²) < 4.78 is 26.5. The molecule has 0 bridgehead atoms. The van der Waals surface area contributed by atoms with E-state index in [4.69, 9.17) is 14.5 Å². The Kier molecular flexibility index (Phi) is 7.27. The number of aliphatic carboxylic acids is 1. The molecular formula is C29H34FN3O5. The van der Waals surface area contributed by atoms with Gasteiger partial charge in [0.25, 0.3) is 0 Å². The van der Waals surface area contributed by atoms with Gasteiger partial charge in [0.15, 0.2) is 11.6 Å². The number of methoxy groups -OCH3 is 2. The third-order valence-electron chi connectivity index (χ3n) is 8.15. The average Bonchev–Trinajstić information content (AvgIpc) is 3.33. The van der Waals surface area contributed by atoms with Crippen LogP contribution in [-0.2, 0) is 28.9 Å². The maximum atomic E-state index is 14.0. The van der Waals surface area contributed by atoms with Crippen LogP contribution in [0.5, 0.6) is 5.75 Å². The van der Waals surface area contributed by atoms with Crippen molar-refractivity contribution >= 4 is 23.1 Å². The number of carbonyl (C=O) groups is 2. The quantitative estimate of drug-likeness (QED) is 0.461. The van der Waals surface area contributed by atoms with Crippen molar-refractivity contribution in [1.29, 1.82) is 0 Å². The number of amides is 1. The number of carbonyl (C=O) groups excluding carboxylic acids is 1. The Hall–Kier alpha value is -3.62. The molecule has 1 aliphatic carbocycles. The Labute approximate surface area is 221 Å². The molecule has 2 aliphatic rings. The predicted octanol–water partition coefficient (Wildman–Crippen LogP) is 5.47. The molecule has 1 fully saturated rings. The van der Waals surface area contributed by atoms with Gasteiger partial charge in [0, 0.05) is 24.1 Å². The third kappa shape index (κ3) is 4.81. The molecule has 9 heteroatoms. The van der Waals surface area contributed by atoms with Gasteiger partial charge in [-0.2, -0.15) is 0 Å². The van der Waals surface area contributed by atoms with Gasteiger partial charge >= 0.3 is 12.1 Å². The molecule has 202 valence electrons. The van der Waals surface area contributed by atoms with Crippen molar-refractivity contribution in [2.24, 2.45) is 5.92 Å². The van der Waals surface area contributed by atoms with E-state index in [1.165, 1.54) is 25.8 Å². The van der Waals surface area contributed by atoms with E-state index >= 15 is 0 Å². The lowest BCUT2D eigenvalue weighted by molar-refractivity contribution is -0.142. The lowest BCUT2D eigenvalue weighted by Gasteiger charge is -2.28. The Morgan fingerprint density at radius 1 is 1.16 bits per heavy atom. The minimum absolute atomic E-state index is 0.000662. The van der Waals surface area contributed by atoms with E-state index in [0.717, 1.165) is 47.2 Å². The average molecular weight is 524 g/mol. The van der Waals surface area contributed by atoms with Gasteiger partial charge in [-0.3, -0.25) is 4.79 Å². The number of nitrogens with zero attached hydrogens (tertiary/aromatic N) is 3. The van der Waals surface area contributed by atoms with Crippen molar-refractivity contribution in [3.05, 3.63) is 58.7 Å². The van der Waals surface area contributed by atoms with Crippen LogP contribution in [0, 0.1) is 11.7 Å². The first kappa shape index (κ1) is 26.0. The van der Waals surface area contributed by atoms with Gasteiger partial charge in [0.1, 0.15) is 5.82 Å². The van der Waals surface area contributed by atoms with Gasteiger partial charge in [-0.25, -0.2) is 14.2 Å². The number of rotatable bonds is 6. The fraction of sp³-hybridized carbons (Fsp3) is 0.483. The normalized spacial score (nSPS) is 20.2. The van der Waals surface area contributed by atoms with E-state index in [2.05, 4.69) is 23.6 Å². The van der Waals surface area contributed by atoms with Crippen LogP contribution in [-0.4, -0.2) is 52.4 Å². The van der Waals surface area contributed by atoms with Gasteiger partial charge in [0.2, 0.25) is 0 Å². The van der Waals surface area contributed by atoms with Gasteiger partial charge in [0.05, 0.1) is 37.7 Å². The Morgan fingerprint density at radius 3 is 2.61 bits per heavy atom. The molecule has 1 N–H and O–H groups in total. The molecule has 1 saturated carbocycles. The van der Waals surface area contributed by atoms with Crippen LogP contribution >= 0.6 is 0 Å². The first-order valence-electron chi connectivity index (χ1n) is 13.2. The number of carboxylic acid groups (broad SMARTS) is 1. The van der Waals surface area contributed by atoms with Crippen LogP contribution in [0.3, 0.4) is 0 Å². The first-order chi connectivity index (χ1) is 18.3. The van der Waals surface area contributed by atoms with Crippen molar-refractivity contribution in [3.63, 3.8) is 0 Å². The number of imidazole rings is 1. The third-order valence-corrected chi connectivity index (χ3v) is 8.15. The van der Waals surface area contributed by atoms with Crippen LogP contribution < -0.4 is 4.74 Å². The summed E-state index contributed by atoms with van der Waals surface area (Å²) in [6.07, 6.45) is 3.80. The molecule has 3 aromatic rings. The standard InChI is InChI=1S/C29H34FN3O5/c1-17(14-18-4-10-23(30)25(15-18)37-2)33-24-11-9-19-12-13-32(29(36)38-3)16-22(19)26(24)31-27(33)20-5-7-21(8-6-20)28(34)35/h4,9-11,15,17,20-21H,5-8,12-14,16H2,1-3H3,(H,34,35)/t17-,20?,21?/m0/s1. The fourth-order valence-corrected chi connectivity index (χ4v) is 6.11. The highest BCUT2D eigenvalue weighted by Gasteiger charge is 2.32. The van der Waals surface area contributed by atoms with Crippen molar-refractivity contribution in [3.8, 4) is 5.75 Å². The summed E-state index contributed by atoms with van der Waals surface area (Å²) in [7, 11) is 2.85. The smallest absolute Gasteiger partial charge is 0.409 e. The molecule has 1 aliphatic heterocycles. The summed E-state index contributed by atoms with van der Waals surface area (Å²) in [5, 5.41) is 9.50. The van der Waals surface area contributed by atoms with Gasteiger partial charge in [-0.05, 0) is 74.8 Å². The SMILES string of the molecule is COC(=O)N1CCc2ccc3c(nc(C4CCC(C(=O)O)CC4)n3[C@@H](C)Cc3ccc(F)c(OC)c3)c2C1. The van der Waals surface area contributed by atoms with E-state index in [9.17, 15) is 19.1 Å². The summed E-state index contributed by atoms with van der Waals surface area (Å²) in [6, 6.07) is 9.19. The highest BCUT2D eigenvalue weighted by Crippen LogP contribution is 2.40. The zero-order valence-corrected chi connectivity index (χ0v) is 22.1. The Balaban J connectivity index is 1.56. The van der Waals surface area contributed by atoms with Crippen molar-refractivity contribution in [2.75, 3.05) is 20.8 Å². The number of hydrogen-bond donors (Lipinski definition) is 1. The molecular weight excluding hydrogens is 489 g/mol. The summed E-state index contributed by atoms with van der Waals surface area (Å²) in [4.78, 5) is 30.8. The van der Waals surface area contributed by atoms with Gasteiger partial charge in [-0.1, -0.05) is 12.1 Å². The summed E-state index contributed by atoms with van der Waals surface area (Å²) in [5.74, 6) is -0.126. The molecule has 2 aromatic carbocycles. The molecule has 1 aromatic heterocycles. The van der Waals surface area contributed by atoms with E-state index < -0.39 is 11.8 Å². The van der Waals surface area contributed by atoms with Crippen molar-refractivity contribution in [2.45, 2.75) is 64.0 Å². The molecule has 0 unspecified atom stereocenters. The highest BCUT2D eigenvalue weighted by molar-refractivity contribution is 5.82. The molecule has 0 saturated heterocycles. The summed E-state index contributed by atoms with van der Waals surface area (Å²) in [6.45, 7) is 3.16. The molecule has 38 heavy (non-hydrogen) atoms. The number of ether oxygens (including phenoxy) is 2. The summed E-state index contributed by atoms with van der Waals surface area (Å²) >= 11 is 0. The lowest BCUT2D eigenvalue weighted by Crippen LogP contribution is -2.35. The van der Waals surface area contributed by atoms with E-state index in [0.29, 0.717) is 32.4 Å². The van der Waals surface area contributed by atoms with Crippen molar-refractivity contribution < 1.29 is 28.6 Å². The van der Waals surface area contributed by atoms with Crippen LogP contribution in [0.1, 0.15) is 67.1 Å². The number of fused-ring (bicyclic) bond motifs is 3. The zero-order valence-electron chi connectivity index (χ0n) is 22.1. The number of benzene rings is 2. The van der Waals surface area contributed by atoms with Crippen LogP contribution in [0.25, 0.3) is 11.0 Å². The van der Waals surface area contributed by atoms with E-state index in [1.54, 1.807) is 17.0 Å². The molecule has 8 nitrogen and oxygen atoms in total. The number of aromatic nitrogens is 2. The minimum atomic E-state index is -0.729. The lowest BCUT2D eigenvalue weighted by atomic mass is 9.81. The highest BCUT2D eigenvalue weighted by atomic mass is 19.1. The maximum absolute atomic E-state index is 14.0. The Bertz CT molecular complexity index is 1360. The molecule has 0 radical (unpaired) electrons. The second kappa shape index (κ2) is 10.6. The summed E-state index contributed by atoms with van der Waals surface area (Å²) in [5.41, 5.74) is 5.05. The fourth-order valence-electron chi connectivity index (χ4n) is 6.11. The molecule has 1 atom stereocenters. The molecule has 2 heterocycles. The minimum Gasteiger partial charge on any atom is -0.494 e. The van der Waals surface area contributed by atoms with E-state index in [1.807, 2.05) is 0 Å². The van der Waals surface area contributed by atoms with Crippen LogP contribution in [0.2, 0.25) is 0 Å². The number of hydrogen-bond acceptors (Lipinski definition) is 5. The monoisotopic (exact) mass is 523 g/mol.